The molecular weight excluding hydrogens is 224 g/mol. The summed E-state index contributed by atoms with van der Waals surface area (Å²) < 4.78 is 0. The number of carbonyl (C=O) groups excluding carboxylic acids is 1. The number of ketones is 1. The van der Waals surface area contributed by atoms with Crippen molar-refractivity contribution < 1.29 is 4.79 Å². The van der Waals surface area contributed by atoms with Crippen LogP contribution in [0.5, 0.6) is 0 Å². The van der Waals surface area contributed by atoms with Gasteiger partial charge in [-0.2, -0.15) is 0 Å². The van der Waals surface area contributed by atoms with Gasteiger partial charge in [0.25, 0.3) is 0 Å². The van der Waals surface area contributed by atoms with E-state index in [0.717, 1.165) is 24.5 Å². The molecular formula is C15H24N2O. The van der Waals surface area contributed by atoms with E-state index in [0.29, 0.717) is 11.8 Å². The lowest BCUT2D eigenvalue weighted by Crippen LogP contribution is -2.33. The van der Waals surface area contributed by atoms with Crippen molar-refractivity contribution in [2.75, 3.05) is 18.0 Å². The zero-order valence-corrected chi connectivity index (χ0v) is 12.1. The van der Waals surface area contributed by atoms with E-state index in [-0.39, 0.29) is 5.78 Å². The molecule has 0 radical (unpaired) electrons. The van der Waals surface area contributed by atoms with Crippen molar-refractivity contribution in [2.24, 2.45) is 11.8 Å². The fraction of sp³-hybridized carbons (Fsp3) is 0.600. The van der Waals surface area contributed by atoms with Crippen LogP contribution in [-0.4, -0.2) is 23.9 Å². The summed E-state index contributed by atoms with van der Waals surface area (Å²) in [7, 11) is 0. The first kappa shape index (κ1) is 14.7. The molecule has 0 spiro atoms. The van der Waals surface area contributed by atoms with Gasteiger partial charge in [-0.3, -0.25) is 4.79 Å². The molecule has 0 saturated carbocycles. The van der Waals surface area contributed by atoms with Crippen LogP contribution in [0.2, 0.25) is 0 Å². The molecule has 0 N–H and O–H groups in total. The first-order chi connectivity index (χ1) is 8.41. The van der Waals surface area contributed by atoms with Crippen LogP contribution in [0.15, 0.2) is 18.3 Å². The maximum absolute atomic E-state index is 11.7. The number of nitrogens with zero attached hydrogens (tertiary/aromatic N) is 2. The summed E-state index contributed by atoms with van der Waals surface area (Å²) in [4.78, 5) is 18.3. The van der Waals surface area contributed by atoms with Gasteiger partial charge in [0.1, 0.15) is 5.82 Å². The van der Waals surface area contributed by atoms with Gasteiger partial charge in [-0.05, 0) is 30.9 Å². The zero-order valence-electron chi connectivity index (χ0n) is 12.1. The number of hydrogen-bond acceptors (Lipinski definition) is 3. The van der Waals surface area contributed by atoms with Crippen LogP contribution in [0.4, 0.5) is 5.82 Å². The highest BCUT2D eigenvalue weighted by molar-refractivity contribution is 5.98. The van der Waals surface area contributed by atoms with E-state index >= 15 is 0 Å². The fourth-order valence-corrected chi connectivity index (χ4v) is 2.05. The molecule has 0 fully saturated rings. The molecule has 0 aromatic carbocycles. The lowest BCUT2D eigenvalue weighted by atomic mass is 10.1. The Labute approximate surface area is 110 Å². The van der Waals surface area contributed by atoms with E-state index in [1.54, 1.807) is 13.1 Å². The summed E-state index contributed by atoms with van der Waals surface area (Å²) >= 11 is 0. The molecule has 1 heterocycles. The van der Waals surface area contributed by atoms with E-state index in [2.05, 4.69) is 37.6 Å². The molecule has 0 saturated heterocycles. The monoisotopic (exact) mass is 248 g/mol. The van der Waals surface area contributed by atoms with Crippen LogP contribution in [0, 0.1) is 11.8 Å². The highest BCUT2D eigenvalue weighted by Crippen LogP contribution is 2.20. The van der Waals surface area contributed by atoms with Gasteiger partial charge in [-0.1, -0.05) is 27.7 Å². The Morgan fingerprint density at radius 1 is 1.22 bits per heavy atom. The minimum absolute atomic E-state index is 0.0793. The van der Waals surface area contributed by atoms with Crippen LogP contribution in [0.1, 0.15) is 45.0 Å². The number of anilines is 1. The SMILES string of the molecule is CC(=O)c1cccnc1N(CC(C)C)CC(C)C. The molecule has 1 rings (SSSR count). The Morgan fingerprint density at radius 3 is 2.22 bits per heavy atom. The van der Waals surface area contributed by atoms with E-state index in [9.17, 15) is 4.79 Å². The highest BCUT2D eigenvalue weighted by atomic mass is 16.1. The van der Waals surface area contributed by atoms with E-state index in [1.807, 2.05) is 12.1 Å². The summed E-state index contributed by atoms with van der Waals surface area (Å²) in [5, 5.41) is 0. The van der Waals surface area contributed by atoms with Crippen LogP contribution in [0.3, 0.4) is 0 Å². The van der Waals surface area contributed by atoms with Crippen molar-refractivity contribution in [3.8, 4) is 0 Å². The number of carbonyl (C=O) groups is 1. The maximum Gasteiger partial charge on any atom is 0.163 e. The van der Waals surface area contributed by atoms with E-state index < -0.39 is 0 Å². The lowest BCUT2D eigenvalue weighted by molar-refractivity contribution is 0.101. The fourth-order valence-electron chi connectivity index (χ4n) is 2.05. The standard InChI is InChI=1S/C15H24N2O/c1-11(2)9-17(10-12(3)4)15-14(13(5)18)7-6-8-16-15/h6-8,11-12H,9-10H2,1-5H3. The summed E-state index contributed by atoms with van der Waals surface area (Å²) in [5.41, 5.74) is 0.721. The van der Waals surface area contributed by atoms with Gasteiger partial charge in [-0.25, -0.2) is 4.98 Å². The average Bonchev–Trinajstić information content (AvgIpc) is 2.26. The summed E-state index contributed by atoms with van der Waals surface area (Å²) in [6, 6.07) is 3.68. The normalized spacial score (nSPS) is 11.1. The van der Waals surface area contributed by atoms with Crippen LogP contribution in [-0.2, 0) is 0 Å². The molecule has 0 amide bonds. The van der Waals surface area contributed by atoms with Gasteiger partial charge >= 0.3 is 0 Å². The Balaban J connectivity index is 3.07. The summed E-state index contributed by atoms with van der Waals surface area (Å²) in [6.07, 6.45) is 1.76. The Kier molecular flexibility index (Phi) is 5.32. The molecule has 1 aromatic heterocycles. The molecule has 0 bridgehead atoms. The van der Waals surface area contributed by atoms with Gasteiger partial charge in [0.05, 0.1) is 5.56 Å². The minimum atomic E-state index is 0.0793. The smallest absolute Gasteiger partial charge is 0.163 e. The first-order valence-electron chi connectivity index (χ1n) is 6.62. The number of hydrogen-bond donors (Lipinski definition) is 0. The topological polar surface area (TPSA) is 33.2 Å². The van der Waals surface area contributed by atoms with Crippen molar-refractivity contribution in [3.63, 3.8) is 0 Å². The molecule has 3 nitrogen and oxygen atoms in total. The second kappa shape index (κ2) is 6.53. The third-order valence-electron chi connectivity index (χ3n) is 2.64. The number of rotatable bonds is 6. The minimum Gasteiger partial charge on any atom is -0.356 e. The van der Waals surface area contributed by atoms with Gasteiger partial charge in [-0.15, -0.1) is 0 Å². The number of Topliss-reactive ketones (excluding diaryl/α,β-unsaturated/α-hetero) is 1. The average molecular weight is 248 g/mol. The zero-order chi connectivity index (χ0) is 13.7. The number of aromatic nitrogens is 1. The Bertz CT molecular complexity index is 389. The van der Waals surface area contributed by atoms with Gasteiger partial charge in [0.2, 0.25) is 0 Å². The van der Waals surface area contributed by atoms with E-state index in [1.165, 1.54) is 0 Å². The molecule has 0 aliphatic rings. The molecule has 18 heavy (non-hydrogen) atoms. The molecule has 0 aliphatic carbocycles. The first-order valence-corrected chi connectivity index (χ1v) is 6.62. The van der Waals surface area contributed by atoms with Crippen molar-refractivity contribution in [3.05, 3.63) is 23.9 Å². The van der Waals surface area contributed by atoms with Gasteiger partial charge in [0.15, 0.2) is 5.78 Å². The molecule has 3 heteroatoms. The second-order valence-corrected chi connectivity index (χ2v) is 5.62. The van der Waals surface area contributed by atoms with Crippen LogP contribution >= 0.6 is 0 Å². The molecule has 0 aliphatic heterocycles. The maximum atomic E-state index is 11.7. The molecule has 0 atom stereocenters. The Morgan fingerprint density at radius 2 is 1.78 bits per heavy atom. The summed E-state index contributed by atoms with van der Waals surface area (Å²) in [6.45, 7) is 12.2. The number of pyridine rings is 1. The van der Waals surface area contributed by atoms with Crippen molar-refractivity contribution in [2.45, 2.75) is 34.6 Å². The lowest BCUT2D eigenvalue weighted by Gasteiger charge is -2.28. The Hall–Kier alpha value is -1.38. The highest BCUT2D eigenvalue weighted by Gasteiger charge is 2.17. The van der Waals surface area contributed by atoms with Gasteiger partial charge < -0.3 is 4.90 Å². The second-order valence-electron chi connectivity index (χ2n) is 5.62. The predicted octanol–water partition coefficient (Wildman–Crippen LogP) is 3.40. The molecule has 0 unspecified atom stereocenters. The predicted molar refractivity (Wildman–Crippen MR) is 76.1 cm³/mol. The van der Waals surface area contributed by atoms with Crippen molar-refractivity contribution in [1.82, 2.24) is 4.98 Å². The quantitative estimate of drug-likeness (QED) is 0.723. The van der Waals surface area contributed by atoms with Crippen molar-refractivity contribution in [1.29, 1.82) is 0 Å². The van der Waals surface area contributed by atoms with E-state index in [4.69, 9.17) is 0 Å². The van der Waals surface area contributed by atoms with Crippen molar-refractivity contribution >= 4 is 11.6 Å². The van der Waals surface area contributed by atoms with Gasteiger partial charge in [0, 0.05) is 19.3 Å². The third-order valence-corrected chi connectivity index (χ3v) is 2.64. The van der Waals surface area contributed by atoms with Crippen LogP contribution < -0.4 is 4.90 Å². The molecule has 1 aromatic rings. The largest absolute Gasteiger partial charge is 0.356 e. The third kappa shape index (κ3) is 4.13. The summed E-state index contributed by atoms with van der Waals surface area (Å²) in [5.74, 6) is 2.00. The molecule has 100 valence electrons. The van der Waals surface area contributed by atoms with Crippen LogP contribution in [0.25, 0.3) is 0 Å².